The highest BCUT2D eigenvalue weighted by Crippen LogP contribution is 2.20. The second-order valence-corrected chi connectivity index (χ2v) is 6.42. The summed E-state index contributed by atoms with van der Waals surface area (Å²) < 4.78 is 13.3. The number of pyridine rings is 1. The Kier molecular flexibility index (Phi) is 4.30. The molecule has 0 fully saturated rings. The SMILES string of the molecule is Fc1cncc(CN2CCc3nc(C4=NCCCC4)ncc3C2)c1. The highest BCUT2D eigenvalue weighted by molar-refractivity contribution is 5.97. The molecule has 0 radical (unpaired) electrons. The smallest absolute Gasteiger partial charge is 0.173 e. The van der Waals surface area contributed by atoms with E-state index in [9.17, 15) is 4.39 Å². The van der Waals surface area contributed by atoms with Crippen molar-refractivity contribution in [1.29, 1.82) is 0 Å². The van der Waals surface area contributed by atoms with Gasteiger partial charge in [-0.3, -0.25) is 14.9 Å². The van der Waals surface area contributed by atoms with Gasteiger partial charge in [0, 0.05) is 50.6 Å². The Labute approximate surface area is 140 Å². The maximum Gasteiger partial charge on any atom is 0.173 e. The van der Waals surface area contributed by atoms with Crippen molar-refractivity contribution in [2.75, 3.05) is 13.1 Å². The van der Waals surface area contributed by atoms with E-state index in [0.29, 0.717) is 6.54 Å². The van der Waals surface area contributed by atoms with E-state index in [0.717, 1.165) is 60.8 Å². The normalized spacial score (nSPS) is 18.1. The van der Waals surface area contributed by atoms with Crippen molar-refractivity contribution in [3.63, 3.8) is 0 Å². The van der Waals surface area contributed by atoms with Gasteiger partial charge in [-0.15, -0.1) is 0 Å². The summed E-state index contributed by atoms with van der Waals surface area (Å²) in [7, 11) is 0. The summed E-state index contributed by atoms with van der Waals surface area (Å²) in [6.07, 6.45) is 9.11. The molecule has 2 aromatic rings. The van der Waals surface area contributed by atoms with Crippen LogP contribution in [0.2, 0.25) is 0 Å². The number of hydrogen-bond acceptors (Lipinski definition) is 5. The predicted octanol–water partition coefficient (Wildman–Crippen LogP) is 2.54. The van der Waals surface area contributed by atoms with Gasteiger partial charge in [0.2, 0.25) is 0 Å². The summed E-state index contributed by atoms with van der Waals surface area (Å²) in [5.74, 6) is 0.516. The molecule has 2 aliphatic heterocycles. The average molecular weight is 325 g/mol. The lowest BCUT2D eigenvalue weighted by molar-refractivity contribution is 0.242. The van der Waals surface area contributed by atoms with Gasteiger partial charge in [0.05, 0.1) is 17.6 Å². The van der Waals surface area contributed by atoms with E-state index in [1.54, 1.807) is 12.3 Å². The van der Waals surface area contributed by atoms with E-state index in [4.69, 9.17) is 4.98 Å². The Morgan fingerprint density at radius 1 is 1.12 bits per heavy atom. The topological polar surface area (TPSA) is 54.3 Å². The van der Waals surface area contributed by atoms with Crippen LogP contribution in [0.5, 0.6) is 0 Å². The third kappa shape index (κ3) is 3.33. The molecular weight excluding hydrogens is 305 g/mol. The van der Waals surface area contributed by atoms with Crippen LogP contribution >= 0.6 is 0 Å². The number of halogens is 1. The molecule has 0 aromatic carbocycles. The van der Waals surface area contributed by atoms with Gasteiger partial charge in [0.25, 0.3) is 0 Å². The summed E-state index contributed by atoms with van der Waals surface area (Å²) in [6.45, 7) is 3.29. The Hall–Kier alpha value is -2.21. The van der Waals surface area contributed by atoms with E-state index in [2.05, 4.69) is 19.9 Å². The van der Waals surface area contributed by atoms with Gasteiger partial charge in [-0.25, -0.2) is 14.4 Å². The van der Waals surface area contributed by atoms with Gasteiger partial charge >= 0.3 is 0 Å². The van der Waals surface area contributed by atoms with Crippen molar-refractivity contribution in [1.82, 2.24) is 19.9 Å². The molecule has 0 bridgehead atoms. The fraction of sp³-hybridized carbons (Fsp3) is 0.444. The van der Waals surface area contributed by atoms with E-state index >= 15 is 0 Å². The average Bonchev–Trinajstić information content (AvgIpc) is 2.62. The second kappa shape index (κ2) is 6.73. The lowest BCUT2D eigenvalue weighted by Crippen LogP contribution is -2.31. The van der Waals surface area contributed by atoms with Crippen molar-refractivity contribution in [3.05, 3.63) is 53.1 Å². The molecule has 0 saturated heterocycles. The van der Waals surface area contributed by atoms with Crippen LogP contribution in [0.1, 0.15) is 41.9 Å². The van der Waals surface area contributed by atoms with E-state index in [1.807, 2.05) is 6.20 Å². The van der Waals surface area contributed by atoms with Gasteiger partial charge in [-0.05, 0) is 30.9 Å². The van der Waals surface area contributed by atoms with Crippen molar-refractivity contribution < 1.29 is 4.39 Å². The van der Waals surface area contributed by atoms with Crippen LogP contribution in [0.15, 0.2) is 29.6 Å². The number of hydrogen-bond donors (Lipinski definition) is 0. The van der Waals surface area contributed by atoms with E-state index in [-0.39, 0.29) is 5.82 Å². The fourth-order valence-electron chi connectivity index (χ4n) is 3.33. The third-order valence-corrected chi connectivity index (χ3v) is 4.56. The van der Waals surface area contributed by atoms with E-state index in [1.165, 1.54) is 19.0 Å². The second-order valence-electron chi connectivity index (χ2n) is 6.42. The minimum absolute atomic E-state index is 0.286. The van der Waals surface area contributed by atoms with Gasteiger partial charge in [-0.2, -0.15) is 0 Å². The summed E-state index contributed by atoms with van der Waals surface area (Å²) in [4.78, 5) is 20.0. The number of nitrogens with zero attached hydrogens (tertiary/aromatic N) is 5. The quantitative estimate of drug-likeness (QED) is 0.870. The molecule has 124 valence electrons. The van der Waals surface area contributed by atoms with Crippen molar-refractivity contribution in [2.45, 2.75) is 38.8 Å². The van der Waals surface area contributed by atoms with Gasteiger partial charge in [0.1, 0.15) is 5.82 Å². The number of aliphatic imine (C=N–C) groups is 1. The molecule has 0 spiro atoms. The molecule has 0 N–H and O–H groups in total. The van der Waals surface area contributed by atoms with Gasteiger partial charge in [-0.1, -0.05) is 0 Å². The first-order valence-electron chi connectivity index (χ1n) is 8.48. The Morgan fingerprint density at radius 3 is 2.92 bits per heavy atom. The summed E-state index contributed by atoms with van der Waals surface area (Å²) in [6, 6.07) is 1.54. The molecule has 4 rings (SSSR count). The molecule has 0 aliphatic carbocycles. The van der Waals surface area contributed by atoms with Crippen LogP contribution < -0.4 is 0 Å². The monoisotopic (exact) mass is 325 g/mol. The van der Waals surface area contributed by atoms with Crippen LogP contribution in [0, 0.1) is 5.82 Å². The first-order chi connectivity index (χ1) is 11.8. The zero-order chi connectivity index (χ0) is 16.4. The Balaban J connectivity index is 1.48. The highest BCUT2D eigenvalue weighted by atomic mass is 19.1. The van der Waals surface area contributed by atoms with E-state index < -0.39 is 0 Å². The molecule has 6 heteroatoms. The van der Waals surface area contributed by atoms with Crippen LogP contribution in [0.25, 0.3) is 0 Å². The minimum Gasteiger partial charge on any atom is -0.294 e. The molecule has 2 aromatic heterocycles. The lowest BCUT2D eigenvalue weighted by atomic mass is 10.0. The summed E-state index contributed by atoms with van der Waals surface area (Å²) in [5.41, 5.74) is 4.23. The molecule has 24 heavy (non-hydrogen) atoms. The molecule has 4 heterocycles. The zero-order valence-corrected chi connectivity index (χ0v) is 13.6. The Morgan fingerprint density at radius 2 is 2.08 bits per heavy atom. The molecule has 0 saturated carbocycles. The van der Waals surface area contributed by atoms with Crippen LogP contribution in [0.3, 0.4) is 0 Å². The predicted molar refractivity (Wildman–Crippen MR) is 89.3 cm³/mol. The van der Waals surface area contributed by atoms with Crippen molar-refractivity contribution >= 4 is 5.71 Å². The first kappa shape index (κ1) is 15.3. The summed E-state index contributed by atoms with van der Waals surface area (Å²) in [5, 5.41) is 0. The molecule has 5 nitrogen and oxygen atoms in total. The number of rotatable bonds is 3. The Bertz CT molecular complexity index is 774. The lowest BCUT2D eigenvalue weighted by Gasteiger charge is -2.28. The minimum atomic E-state index is -0.286. The van der Waals surface area contributed by atoms with Crippen molar-refractivity contribution in [3.8, 4) is 0 Å². The number of fused-ring (bicyclic) bond motifs is 1. The third-order valence-electron chi connectivity index (χ3n) is 4.56. The first-order valence-corrected chi connectivity index (χ1v) is 8.48. The number of aromatic nitrogens is 3. The maximum atomic E-state index is 13.3. The zero-order valence-electron chi connectivity index (χ0n) is 13.6. The largest absolute Gasteiger partial charge is 0.294 e. The molecular formula is C18H20FN5. The summed E-state index contributed by atoms with van der Waals surface area (Å²) >= 11 is 0. The van der Waals surface area contributed by atoms with Gasteiger partial charge < -0.3 is 0 Å². The van der Waals surface area contributed by atoms with Crippen molar-refractivity contribution in [2.24, 2.45) is 4.99 Å². The molecule has 2 aliphatic rings. The molecule has 0 unspecified atom stereocenters. The standard InChI is InChI=1S/C18H20FN5/c19-15-7-13(8-20-10-15)11-24-6-4-16-14(12-24)9-22-18(23-16)17-3-1-2-5-21-17/h7-10H,1-6,11-12H2. The molecule has 0 amide bonds. The maximum absolute atomic E-state index is 13.3. The fourth-order valence-corrected chi connectivity index (χ4v) is 3.33. The van der Waals surface area contributed by atoms with Gasteiger partial charge in [0.15, 0.2) is 5.82 Å². The van der Waals surface area contributed by atoms with Crippen LogP contribution in [-0.2, 0) is 19.5 Å². The molecule has 0 atom stereocenters. The highest BCUT2D eigenvalue weighted by Gasteiger charge is 2.20. The van der Waals surface area contributed by atoms with Crippen LogP contribution in [-0.4, -0.2) is 38.7 Å². The van der Waals surface area contributed by atoms with Crippen LogP contribution in [0.4, 0.5) is 4.39 Å².